The molecule has 0 spiro atoms. The highest BCUT2D eigenvalue weighted by atomic mass is 79.9. The van der Waals surface area contributed by atoms with Crippen LogP contribution in [0.3, 0.4) is 0 Å². The Bertz CT molecular complexity index is 327. The maximum Gasteiger partial charge on any atom is 0.0657 e. The van der Waals surface area contributed by atoms with E-state index in [2.05, 4.69) is 39.4 Å². The monoisotopic (exact) mass is 255 g/mol. The van der Waals surface area contributed by atoms with Crippen molar-refractivity contribution >= 4 is 15.9 Å². The quantitative estimate of drug-likeness (QED) is 0.876. The number of rotatable bonds is 2. The fourth-order valence-electron chi connectivity index (χ4n) is 1.92. The molecule has 0 fully saturated rings. The minimum absolute atomic E-state index is 0.348. The second kappa shape index (κ2) is 4.43. The summed E-state index contributed by atoms with van der Waals surface area (Å²) in [5.74, 6) is 0. The van der Waals surface area contributed by atoms with Crippen LogP contribution < -0.4 is 5.32 Å². The Kier molecular flexibility index (Phi) is 3.21. The molecule has 1 atom stereocenters. The van der Waals surface area contributed by atoms with Crippen LogP contribution in [0.4, 0.5) is 0 Å². The summed E-state index contributed by atoms with van der Waals surface area (Å²) in [5.41, 5.74) is 2.81. The predicted octanol–water partition coefficient (Wildman–Crippen LogP) is 2.28. The molecular formula is C11H14BrNO. The van der Waals surface area contributed by atoms with E-state index in [0.717, 1.165) is 24.0 Å². The second-order valence-electron chi connectivity index (χ2n) is 3.56. The van der Waals surface area contributed by atoms with Gasteiger partial charge in [0.2, 0.25) is 0 Å². The SMILES string of the molecule is COCC1NCCc2ccc(Br)cc21. The lowest BCUT2D eigenvalue weighted by Gasteiger charge is -2.26. The number of methoxy groups -OCH3 is 1. The lowest BCUT2D eigenvalue weighted by atomic mass is 9.95. The number of ether oxygens (including phenoxy) is 1. The summed E-state index contributed by atoms with van der Waals surface area (Å²) in [6.07, 6.45) is 1.11. The number of fused-ring (bicyclic) bond motifs is 1. The fourth-order valence-corrected chi connectivity index (χ4v) is 2.30. The van der Waals surface area contributed by atoms with E-state index < -0.39 is 0 Å². The molecule has 0 aliphatic carbocycles. The van der Waals surface area contributed by atoms with Crippen molar-refractivity contribution in [1.29, 1.82) is 0 Å². The number of hydrogen-bond donors (Lipinski definition) is 1. The predicted molar refractivity (Wildman–Crippen MR) is 60.5 cm³/mol. The van der Waals surface area contributed by atoms with E-state index in [1.807, 2.05) is 0 Å². The van der Waals surface area contributed by atoms with Crippen molar-refractivity contribution in [3.8, 4) is 0 Å². The third kappa shape index (κ3) is 2.00. The number of halogens is 1. The molecule has 1 N–H and O–H groups in total. The van der Waals surface area contributed by atoms with Crippen LogP contribution in [0, 0.1) is 0 Å². The first-order valence-corrected chi connectivity index (χ1v) is 5.61. The fraction of sp³-hybridized carbons (Fsp3) is 0.455. The minimum Gasteiger partial charge on any atom is -0.383 e. The van der Waals surface area contributed by atoms with E-state index >= 15 is 0 Å². The average molecular weight is 256 g/mol. The van der Waals surface area contributed by atoms with Crippen LogP contribution in [0.2, 0.25) is 0 Å². The lowest BCUT2D eigenvalue weighted by Crippen LogP contribution is -2.32. The van der Waals surface area contributed by atoms with Gasteiger partial charge in [0.15, 0.2) is 0 Å². The third-order valence-electron chi connectivity index (χ3n) is 2.60. The number of hydrogen-bond acceptors (Lipinski definition) is 2. The maximum atomic E-state index is 5.20. The zero-order valence-electron chi connectivity index (χ0n) is 8.22. The van der Waals surface area contributed by atoms with Crippen LogP contribution in [0.1, 0.15) is 17.2 Å². The van der Waals surface area contributed by atoms with Gasteiger partial charge >= 0.3 is 0 Å². The molecule has 2 nitrogen and oxygen atoms in total. The van der Waals surface area contributed by atoms with Crippen molar-refractivity contribution in [3.05, 3.63) is 33.8 Å². The number of nitrogens with one attached hydrogen (secondary N) is 1. The molecule has 0 bridgehead atoms. The summed E-state index contributed by atoms with van der Waals surface area (Å²) in [6, 6.07) is 6.84. The molecule has 14 heavy (non-hydrogen) atoms. The molecule has 0 saturated heterocycles. The van der Waals surface area contributed by atoms with Gasteiger partial charge in [0, 0.05) is 11.6 Å². The highest BCUT2D eigenvalue weighted by Crippen LogP contribution is 2.26. The van der Waals surface area contributed by atoms with E-state index in [4.69, 9.17) is 4.74 Å². The zero-order valence-corrected chi connectivity index (χ0v) is 9.80. The van der Waals surface area contributed by atoms with Crippen LogP contribution in [0.5, 0.6) is 0 Å². The van der Waals surface area contributed by atoms with E-state index in [9.17, 15) is 0 Å². The average Bonchev–Trinajstić information content (AvgIpc) is 2.19. The first-order valence-electron chi connectivity index (χ1n) is 4.82. The Labute approximate surface area is 92.8 Å². The van der Waals surface area contributed by atoms with Gasteiger partial charge in [-0.3, -0.25) is 0 Å². The van der Waals surface area contributed by atoms with Gasteiger partial charge in [0.25, 0.3) is 0 Å². The maximum absolute atomic E-state index is 5.20. The zero-order chi connectivity index (χ0) is 9.97. The molecule has 0 amide bonds. The summed E-state index contributed by atoms with van der Waals surface area (Å²) < 4.78 is 6.34. The summed E-state index contributed by atoms with van der Waals surface area (Å²) in [5, 5.41) is 3.46. The number of benzene rings is 1. The van der Waals surface area contributed by atoms with E-state index in [1.165, 1.54) is 11.1 Å². The van der Waals surface area contributed by atoms with Crippen molar-refractivity contribution in [2.24, 2.45) is 0 Å². The summed E-state index contributed by atoms with van der Waals surface area (Å²) >= 11 is 3.50. The van der Waals surface area contributed by atoms with Crippen molar-refractivity contribution in [1.82, 2.24) is 5.32 Å². The van der Waals surface area contributed by atoms with Crippen molar-refractivity contribution in [2.75, 3.05) is 20.3 Å². The van der Waals surface area contributed by atoms with Gasteiger partial charge in [-0.2, -0.15) is 0 Å². The van der Waals surface area contributed by atoms with E-state index in [1.54, 1.807) is 7.11 Å². The van der Waals surface area contributed by atoms with Gasteiger partial charge in [-0.1, -0.05) is 22.0 Å². The largest absolute Gasteiger partial charge is 0.383 e. The van der Waals surface area contributed by atoms with E-state index in [0.29, 0.717) is 6.04 Å². The highest BCUT2D eigenvalue weighted by molar-refractivity contribution is 9.10. The molecule has 1 heterocycles. The van der Waals surface area contributed by atoms with Gasteiger partial charge in [-0.25, -0.2) is 0 Å². The molecule has 2 rings (SSSR count). The van der Waals surface area contributed by atoms with Gasteiger partial charge < -0.3 is 10.1 Å². The van der Waals surface area contributed by atoms with Gasteiger partial charge in [-0.05, 0) is 36.2 Å². The molecule has 0 saturated carbocycles. The first kappa shape index (κ1) is 10.1. The smallest absolute Gasteiger partial charge is 0.0657 e. The van der Waals surface area contributed by atoms with Gasteiger partial charge in [0.1, 0.15) is 0 Å². The normalized spacial score (nSPS) is 20.6. The Balaban J connectivity index is 2.32. The van der Waals surface area contributed by atoms with Crippen molar-refractivity contribution in [3.63, 3.8) is 0 Å². The minimum atomic E-state index is 0.348. The highest BCUT2D eigenvalue weighted by Gasteiger charge is 2.19. The summed E-state index contributed by atoms with van der Waals surface area (Å²) in [4.78, 5) is 0. The van der Waals surface area contributed by atoms with Crippen molar-refractivity contribution < 1.29 is 4.74 Å². The standard InChI is InChI=1S/C11H14BrNO/c1-14-7-11-10-6-9(12)3-2-8(10)4-5-13-11/h2-3,6,11,13H,4-5,7H2,1H3. The first-order chi connectivity index (χ1) is 6.81. The second-order valence-corrected chi connectivity index (χ2v) is 4.47. The molecule has 1 aromatic rings. The van der Waals surface area contributed by atoms with Crippen LogP contribution in [0.25, 0.3) is 0 Å². The Morgan fingerprint density at radius 2 is 2.43 bits per heavy atom. The molecule has 1 aliphatic rings. The molecular weight excluding hydrogens is 242 g/mol. The van der Waals surface area contributed by atoms with Crippen LogP contribution in [0.15, 0.2) is 22.7 Å². The van der Waals surface area contributed by atoms with Crippen LogP contribution in [-0.4, -0.2) is 20.3 Å². The van der Waals surface area contributed by atoms with Crippen molar-refractivity contribution in [2.45, 2.75) is 12.5 Å². The Morgan fingerprint density at radius 1 is 1.57 bits per heavy atom. The van der Waals surface area contributed by atoms with Gasteiger partial charge in [0.05, 0.1) is 12.6 Å². The summed E-state index contributed by atoms with van der Waals surface area (Å²) in [7, 11) is 1.74. The Hall–Kier alpha value is -0.380. The van der Waals surface area contributed by atoms with Gasteiger partial charge in [-0.15, -0.1) is 0 Å². The molecule has 3 heteroatoms. The Morgan fingerprint density at radius 3 is 3.21 bits per heavy atom. The van der Waals surface area contributed by atoms with Crippen LogP contribution >= 0.6 is 15.9 Å². The molecule has 1 unspecified atom stereocenters. The molecule has 0 aromatic heterocycles. The van der Waals surface area contributed by atoms with E-state index in [-0.39, 0.29) is 0 Å². The molecule has 76 valence electrons. The topological polar surface area (TPSA) is 21.3 Å². The van der Waals surface area contributed by atoms with Crippen LogP contribution in [-0.2, 0) is 11.2 Å². The molecule has 0 radical (unpaired) electrons. The summed E-state index contributed by atoms with van der Waals surface area (Å²) in [6.45, 7) is 1.78. The third-order valence-corrected chi connectivity index (χ3v) is 3.09. The lowest BCUT2D eigenvalue weighted by molar-refractivity contribution is 0.164. The molecule has 1 aliphatic heterocycles. The molecule has 1 aromatic carbocycles.